The summed E-state index contributed by atoms with van der Waals surface area (Å²) in [5, 5.41) is 9.17. The third-order valence-corrected chi connectivity index (χ3v) is 3.73. The molecule has 0 aromatic heterocycles. The van der Waals surface area contributed by atoms with Crippen molar-refractivity contribution in [2.24, 2.45) is 17.8 Å². The lowest BCUT2D eigenvalue weighted by atomic mass is 10.0. The topological polar surface area (TPSA) is 40.5 Å². The van der Waals surface area contributed by atoms with Gasteiger partial charge in [-0.1, -0.05) is 13.8 Å². The Morgan fingerprint density at radius 1 is 1.29 bits per heavy atom. The Bertz CT molecular complexity index is 227. The maximum atomic E-state index is 11.1. The molecule has 0 spiro atoms. The first kappa shape index (κ1) is 9.97. The first-order valence-corrected chi connectivity index (χ1v) is 5.56. The molecule has 1 aliphatic heterocycles. The van der Waals surface area contributed by atoms with Crippen LogP contribution in [0, 0.1) is 17.8 Å². The Balaban J connectivity index is 2.01. The summed E-state index contributed by atoms with van der Waals surface area (Å²) in [6.45, 7) is 6.37. The first-order valence-electron chi connectivity index (χ1n) is 5.56. The molecule has 3 atom stereocenters. The van der Waals surface area contributed by atoms with E-state index in [-0.39, 0.29) is 6.04 Å². The van der Waals surface area contributed by atoms with Crippen LogP contribution in [0.3, 0.4) is 0 Å². The lowest BCUT2D eigenvalue weighted by Gasteiger charge is -2.23. The largest absolute Gasteiger partial charge is 0.480 e. The van der Waals surface area contributed by atoms with Crippen molar-refractivity contribution in [1.29, 1.82) is 0 Å². The SMILES string of the molecule is CC1CN(C(C(=O)O)C2CC2)CC1C. The number of hydrogen-bond donors (Lipinski definition) is 1. The number of hydrogen-bond acceptors (Lipinski definition) is 2. The second kappa shape index (κ2) is 3.54. The highest BCUT2D eigenvalue weighted by Crippen LogP contribution is 2.38. The zero-order chi connectivity index (χ0) is 10.3. The van der Waals surface area contributed by atoms with Crippen molar-refractivity contribution in [3.63, 3.8) is 0 Å². The maximum Gasteiger partial charge on any atom is 0.321 e. The molecule has 0 radical (unpaired) electrons. The summed E-state index contributed by atoms with van der Waals surface area (Å²) in [4.78, 5) is 13.3. The minimum absolute atomic E-state index is 0.192. The van der Waals surface area contributed by atoms with Crippen LogP contribution >= 0.6 is 0 Å². The van der Waals surface area contributed by atoms with E-state index in [0.29, 0.717) is 17.8 Å². The Kier molecular flexibility index (Phi) is 2.52. The molecule has 3 unspecified atom stereocenters. The lowest BCUT2D eigenvalue weighted by Crippen LogP contribution is -2.41. The smallest absolute Gasteiger partial charge is 0.321 e. The molecule has 0 bridgehead atoms. The fourth-order valence-corrected chi connectivity index (χ4v) is 2.47. The van der Waals surface area contributed by atoms with E-state index in [4.69, 9.17) is 0 Å². The number of carboxylic acids is 1. The van der Waals surface area contributed by atoms with E-state index in [0.717, 1.165) is 25.9 Å². The molecule has 80 valence electrons. The summed E-state index contributed by atoms with van der Waals surface area (Å²) in [6.07, 6.45) is 2.21. The average molecular weight is 197 g/mol. The monoisotopic (exact) mass is 197 g/mol. The van der Waals surface area contributed by atoms with E-state index in [1.165, 1.54) is 0 Å². The van der Waals surface area contributed by atoms with E-state index in [9.17, 15) is 9.90 Å². The summed E-state index contributed by atoms with van der Waals surface area (Å²) in [6, 6.07) is -0.192. The molecule has 0 amide bonds. The van der Waals surface area contributed by atoms with Crippen LogP contribution in [0.25, 0.3) is 0 Å². The van der Waals surface area contributed by atoms with E-state index < -0.39 is 5.97 Å². The summed E-state index contributed by atoms with van der Waals surface area (Å²) in [5.74, 6) is 1.12. The van der Waals surface area contributed by atoms with Crippen molar-refractivity contribution in [3.05, 3.63) is 0 Å². The van der Waals surface area contributed by atoms with Gasteiger partial charge in [-0.2, -0.15) is 0 Å². The van der Waals surface area contributed by atoms with Gasteiger partial charge >= 0.3 is 5.97 Å². The van der Waals surface area contributed by atoms with Crippen molar-refractivity contribution in [2.75, 3.05) is 13.1 Å². The zero-order valence-electron chi connectivity index (χ0n) is 8.94. The van der Waals surface area contributed by atoms with Gasteiger partial charge in [-0.05, 0) is 30.6 Å². The fraction of sp³-hybridized carbons (Fsp3) is 0.909. The van der Waals surface area contributed by atoms with Gasteiger partial charge in [-0.3, -0.25) is 9.69 Å². The molecule has 1 aliphatic carbocycles. The third-order valence-electron chi connectivity index (χ3n) is 3.73. The average Bonchev–Trinajstić information content (AvgIpc) is 2.82. The standard InChI is InChI=1S/C11H19NO2/c1-7-5-12(6-8(7)2)10(11(13)14)9-3-4-9/h7-10H,3-6H2,1-2H3,(H,13,14). The number of rotatable bonds is 3. The van der Waals surface area contributed by atoms with E-state index in [1.807, 2.05) is 0 Å². The summed E-state index contributed by atoms with van der Waals surface area (Å²) < 4.78 is 0. The van der Waals surface area contributed by atoms with Crippen LogP contribution in [-0.4, -0.2) is 35.1 Å². The van der Waals surface area contributed by atoms with Gasteiger partial charge < -0.3 is 5.11 Å². The molecule has 3 nitrogen and oxygen atoms in total. The van der Waals surface area contributed by atoms with Crippen LogP contribution in [0.5, 0.6) is 0 Å². The first-order chi connectivity index (χ1) is 6.59. The Morgan fingerprint density at radius 3 is 2.14 bits per heavy atom. The highest BCUT2D eigenvalue weighted by atomic mass is 16.4. The number of nitrogens with zero attached hydrogens (tertiary/aromatic N) is 1. The Labute approximate surface area is 85.1 Å². The molecule has 0 aromatic carbocycles. The molecule has 2 aliphatic rings. The Morgan fingerprint density at radius 2 is 1.79 bits per heavy atom. The van der Waals surface area contributed by atoms with E-state index in [1.54, 1.807) is 0 Å². The molecule has 2 fully saturated rings. The molecule has 0 aromatic rings. The van der Waals surface area contributed by atoms with Crippen molar-refractivity contribution < 1.29 is 9.90 Å². The molecule has 1 N–H and O–H groups in total. The van der Waals surface area contributed by atoms with Gasteiger partial charge in [0.05, 0.1) is 0 Å². The van der Waals surface area contributed by atoms with Gasteiger partial charge in [0.1, 0.15) is 6.04 Å². The number of likely N-dealkylation sites (tertiary alicyclic amines) is 1. The van der Waals surface area contributed by atoms with Crippen LogP contribution in [0.1, 0.15) is 26.7 Å². The minimum atomic E-state index is -0.617. The normalized spacial score (nSPS) is 35.9. The van der Waals surface area contributed by atoms with Crippen molar-refractivity contribution in [1.82, 2.24) is 4.90 Å². The summed E-state index contributed by atoms with van der Waals surface area (Å²) >= 11 is 0. The van der Waals surface area contributed by atoms with Crippen LogP contribution in [0.2, 0.25) is 0 Å². The molecule has 1 heterocycles. The molecule has 14 heavy (non-hydrogen) atoms. The Hall–Kier alpha value is -0.570. The van der Waals surface area contributed by atoms with Gasteiger partial charge in [-0.15, -0.1) is 0 Å². The second-order valence-corrected chi connectivity index (χ2v) is 5.03. The van der Waals surface area contributed by atoms with Gasteiger partial charge in [0, 0.05) is 13.1 Å². The fourth-order valence-electron chi connectivity index (χ4n) is 2.47. The quantitative estimate of drug-likeness (QED) is 0.744. The minimum Gasteiger partial charge on any atom is -0.480 e. The van der Waals surface area contributed by atoms with Crippen LogP contribution in [0.4, 0.5) is 0 Å². The molecule has 1 saturated carbocycles. The predicted octanol–water partition coefficient (Wildman–Crippen LogP) is 1.44. The van der Waals surface area contributed by atoms with Crippen molar-refractivity contribution in [3.8, 4) is 0 Å². The van der Waals surface area contributed by atoms with Gasteiger partial charge in [0.2, 0.25) is 0 Å². The zero-order valence-corrected chi connectivity index (χ0v) is 8.94. The summed E-state index contributed by atoms with van der Waals surface area (Å²) in [5.41, 5.74) is 0. The van der Waals surface area contributed by atoms with Crippen molar-refractivity contribution >= 4 is 5.97 Å². The highest BCUT2D eigenvalue weighted by Gasteiger charge is 2.43. The number of carbonyl (C=O) groups is 1. The van der Waals surface area contributed by atoms with Crippen LogP contribution < -0.4 is 0 Å². The molecule has 3 heteroatoms. The predicted molar refractivity (Wildman–Crippen MR) is 54.0 cm³/mol. The van der Waals surface area contributed by atoms with Gasteiger partial charge in [-0.25, -0.2) is 0 Å². The van der Waals surface area contributed by atoms with E-state index >= 15 is 0 Å². The highest BCUT2D eigenvalue weighted by molar-refractivity contribution is 5.74. The van der Waals surface area contributed by atoms with Crippen LogP contribution in [-0.2, 0) is 4.79 Å². The molecular weight excluding hydrogens is 178 g/mol. The second-order valence-electron chi connectivity index (χ2n) is 5.03. The van der Waals surface area contributed by atoms with Crippen molar-refractivity contribution in [2.45, 2.75) is 32.7 Å². The molecule has 1 saturated heterocycles. The van der Waals surface area contributed by atoms with E-state index in [2.05, 4.69) is 18.7 Å². The summed E-state index contributed by atoms with van der Waals surface area (Å²) in [7, 11) is 0. The van der Waals surface area contributed by atoms with Crippen LogP contribution in [0.15, 0.2) is 0 Å². The number of carboxylic acid groups (broad SMARTS) is 1. The molecule has 2 rings (SSSR count). The molecular formula is C11H19NO2. The maximum absolute atomic E-state index is 11.1. The van der Waals surface area contributed by atoms with Gasteiger partial charge in [0.15, 0.2) is 0 Å². The third kappa shape index (κ3) is 1.78. The lowest BCUT2D eigenvalue weighted by molar-refractivity contribution is -0.143. The number of aliphatic carboxylic acids is 1. The van der Waals surface area contributed by atoms with Gasteiger partial charge in [0.25, 0.3) is 0 Å².